The second-order valence-corrected chi connectivity index (χ2v) is 6.66. The number of pyridine rings is 2. The molecule has 0 fully saturated rings. The molecule has 0 radical (unpaired) electrons. The zero-order valence-corrected chi connectivity index (χ0v) is 12.8. The van der Waals surface area contributed by atoms with Crippen LogP contribution in [0.3, 0.4) is 0 Å². The Balaban J connectivity index is 1.98. The zero-order valence-electron chi connectivity index (χ0n) is 12.0. The van der Waals surface area contributed by atoms with E-state index < -0.39 is 10.0 Å². The molecule has 3 rings (SSSR count). The van der Waals surface area contributed by atoms with E-state index in [-0.39, 0.29) is 11.4 Å². The maximum Gasteiger partial charge on any atom is 0.241 e. The summed E-state index contributed by atoms with van der Waals surface area (Å²) in [7, 11) is -3.63. The van der Waals surface area contributed by atoms with Gasteiger partial charge in [-0.25, -0.2) is 13.1 Å². The molecule has 112 valence electrons. The molecule has 1 aromatic carbocycles. The summed E-state index contributed by atoms with van der Waals surface area (Å²) in [5, 5.41) is 0.621. The van der Waals surface area contributed by atoms with Crippen molar-refractivity contribution >= 4 is 20.9 Å². The topological polar surface area (TPSA) is 72.0 Å². The first-order chi connectivity index (χ1) is 10.6. The predicted molar refractivity (Wildman–Crippen MR) is 84.7 cm³/mol. The number of sulfonamides is 1. The third-order valence-corrected chi connectivity index (χ3v) is 4.85. The van der Waals surface area contributed by atoms with E-state index in [0.717, 1.165) is 5.56 Å². The van der Waals surface area contributed by atoms with Gasteiger partial charge >= 0.3 is 0 Å². The van der Waals surface area contributed by atoms with E-state index in [1.54, 1.807) is 48.8 Å². The van der Waals surface area contributed by atoms with Crippen molar-refractivity contribution in [2.24, 2.45) is 0 Å². The van der Waals surface area contributed by atoms with E-state index >= 15 is 0 Å². The number of nitrogens with one attached hydrogen (secondary N) is 1. The Bertz CT molecular complexity index is 909. The van der Waals surface area contributed by atoms with Crippen LogP contribution in [0, 0.1) is 6.92 Å². The smallest absolute Gasteiger partial charge is 0.241 e. The molecule has 5 nitrogen and oxygen atoms in total. The highest BCUT2D eigenvalue weighted by atomic mass is 32.2. The van der Waals surface area contributed by atoms with Crippen LogP contribution in [0.5, 0.6) is 0 Å². The summed E-state index contributed by atoms with van der Waals surface area (Å²) in [6.45, 7) is 2.06. The Morgan fingerprint density at radius 2 is 1.82 bits per heavy atom. The zero-order chi connectivity index (χ0) is 15.6. The fraction of sp³-hybridized carbons (Fsp3) is 0.125. The van der Waals surface area contributed by atoms with E-state index in [1.165, 1.54) is 0 Å². The molecule has 0 saturated heterocycles. The molecule has 0 spiro atoms. The third-order valence-electron chi connectivity index (χ3n) is 3.39. The molecule has 6 heteroatoms. The van der Waals surface area contributed by atoms with Gasteiger partial charge in [0.1, 0.15) is 0 Å². The van der Waals surface area contributed by atoms with Crippen molar-refractivity contribution in [2.75, 3.05) is 0 Å². The Hall–Kier alpha value is -2.31. The second-order valence-electron chi connectivity index (χ2n) is 4.93. The van der Waals surface area contributed by atoms with Crippen molar-refractivity contribution < 1.29 is 8.42 Å². The average molecular weight is 313 g/mol. The number of benzene rings is 1. The second kappa shape index (κ2) is 5.82. The average Bonchev–Trinajstić information content (AvgIpc) is 2.54. The molecule has 2 aromatic heterocycles. The van der Waals surface area contributed by atoms with Gasteiger partial charge in [0.15, 0.2) is 0 Å². The third kappa shape index (κ3) is 2.84. The first kappa shape index (κ1) is 14.6. The Morgan fingerprint density at radius 1 is 1.00 bits per heavy atom. The lowest BCUT2D eigenvalue weighted by molar-refractivity contribution is 0.581. The highest BCUT2D eigenvalue weighted by Gasteiger charge is 2.18. The fourth-order valence-corrected chi connectivity index (χ4v) is 3.47. The van der Waals surface area contributed by atoms with Gasteiger partial charge in [0.05, 0.1) is 22.7 Å². The largest absolute Gasteiger partial charge is 0.260 e. The van der Waals surface area contributed by atoms with Crippen LogP contribution in [-0.2, 0) is 16.6 Å². The van der Waals surface area contributed by atoms with Gasteiger partial charge in [0.25, 0.3) is 0 Å². The minimum atomic E-state index is -3.63. The molecule has 22 heavy (non-hydrogen) atoms. The minimum Gasteiger partial charge on any atom is -0.260 e. The van der Waals surface area contributed by atoms with Crippen molar-refractivity contribution in [2.45, 2.75) is 18.4 Å². The van der Waals surface area contributed by atoms with Crippen molar-refractivity contribution in [3.8, 4) is 0 Å². The van der Waals surface area contributed by atoms with Gasteiger partial charge in [-0.3, -0.25) is 9.97 Å². The molecular formula is C16H15N3O2S. The first-order valence-corrected chi connectivity index (χ1v) is 8.30. The number of hydrogen-bond acceptors (Lipinski definition) is 4. The summed E-state index contributed by atoms with van der Waals surface area (Å²) in [5.74, 6) is 0. The summed E-state index contributed by atoms with van der Waals surface area (Å²) in [6.07, 6.45) is 3.29. The van der Waals surface area contributed by atoms with Gasteiger partial charge < -0.3 is 0 Å². The van der Waals surface area contributed by atoms with Crippen molar-refractivity contribution in [1.82, 2.24) is 14.7 Å². The van der Waals surface area contributed by atoms with E-state index in [0.29, 0.717) is 16.6 Å². The van der Waals surface area contributed by atoms with Crippen LogP contribution in [0.25, 0.3) is 10.9 Å². The lowest BCUT2D eigenvalue weighted by Crippen LogP contribution is -2.24. The highest BCUT2D eigenvalue weighted by molar-refractivity contribution is 7.89. The monoisotopic (exact) mass is 313 g/mol. The van der Waals surface area contributed by atoms with Gasteiger partial charge in [-0.05, 0) is 42.8 Å². The van der Waals surface area contributed by atoms with Crippen LogP contribution in [0.4, 0.5) is 0 Å². The molecule has 1 N–H and O–H groups in total. The van der Waals surface area contributed by atoms with Crippen LogP contribution >= 0.6 is 0 Å². The lowest BCUT2D eigenvalue weighted by Gasteiger charge is -2.10. The maximum atomic E-state index is 12.6. The van der Waals surface area contributed by atoms with E-state index in [1.807, 2.05) is 13.0 Å². The van der Waals surface area contributed by atoms with E-state index in [9.17, 15) is 8.42 Å². The Labute approximate surface area is 129 Å². The van der Waals surface area contributed by atoms with Crippen LogP contribution in [-0.4, -0.2) is 18.4 Å². The summed E-state index contributed by atoms with van der Waals surface area (Å²) < 4.78 is 27.7. The van der Waals surface area contributed by atoms with Gasteiger partial charge in [-0.2, -0.15) is 0 Å². The SMILES string of the molecule is Cc1ccc(S(=O)(=O)NCc2ccccn2)c2cccnc12. The van der Waals surface area contributed by atoms with Gasteiger partial charge in [-0.15, -0.1) is 0 Å². The van der Waals surface area contributed by atoms with Crippen LogP contribution in [0.15, 0.2) is 59.8 Å². The maximum absolute atomic E-state index is 12.6. The number of fused-ring (bicyclic) bond motifs is 1. The van der Waals surface area contributed by atoms with Crippen molar-refractivity contribution in [3.63, 3.8) is 0 Å². The Kier molecular flexibility index (Phi) is 3.87. The number of aryl methyl sites for hydroxylation is 1. The molecule has 0 aliphatic heterocycles. The number of aromatic nitrogens is 2. The van der Waals surface area contributed by atoms with Crippen molar-refractivity contribution in [1.29, 1.82) is 0 Å². The van der Waals surface area contributed by atoms with Gasteiger partial charge in [0.2, 0.25) is 10.0 Å². The van der Waals surface area contributed by atoms with Crippen molar-refractivity contribution in [3.05, 3.63) is 66.1 Å². The molecule has 0 atom stereocenters. The molecule has 3 aromatic rings. The molecule has 0 amide bonds. The van der Waals surface area contributed by atoms with Crippen LogP contribution in [0.2, 0.25) is 0 Å². The quantitative estimate of drug-likeness (QED) is 0.803. The summed E-state index contributed by atoms with van der Waals surface area (Å²) in [4.78, 5) is 8.61. The predicted octanol–water partition coefficient (Wildman–Crippen LogP) is 2.42. The van der Waals surface area contributed by atoms with Crippen LogP contribution in [0.1, 0.15) is 11.3 Å². The molecule has 0 unspecified atom stereocenters. The lowest BCUT2D eigenvalue weighted by atomic mass is 10.1. The molecule has 0 bridgehead atoms. The molecule has 0 saturated carbocycles. The molecule has 0 aliphatic rings. The van der Waals surface area contributed by atoms with E-state index in [4.69, 9.17) is 0 Å². The molecular weight excluding hydrogens is 298 g/mol. The normalized spacial score (nSPS) is 11.7. The minimum absolute atomic E-state index is 0.152. The highest BCUT2D eigenvalue weighted by Crippen LogP contribution is 2.24. The van der Waals surface area contributed by atoms with Gasteiger partial charge in [-0.1, -0.05) is 12.1 Å². The standard InChI is InChI=1S/C16H15N3O2S/c1-12-7-8-15(14-6-4-10-18-16(12)14)22(20,21)19-11-13-5-2-3-9-17-13/h2-10,19H,11H2,1H3. The van der Waals surface area contributed by atoms with Crippen LogP contribution < -0.4 is 4.72 Å². The van der Waals surface area contributed by atoms with Gasteiger partial charge in [0, 0.05) is 17.8 Å². The molecule has 0 aliphatic carbocycles. The first-order valence-electron chi connectivity index (χ1n) is 6.82. The fourth-order valence-electron chi connectivity index (χ4n) is 2.27. The Morgan fingerprint density at radius 3 is 2.59 bits per heavy atom. The summed E-state index contributed by atoms with van der Waals surface area (Å²) in [5.41, 5.74) is 2.31. The number of hydrogen-bond donors (Lipinski definition) is 1. The summed E-state index contributed by atoms with van der Waals surface area (Å²) in [6, 6.07) is 12.3. The number of rotatable bonds is 4. The molecule has 2 heterocycles. The van der Waals surface area contributed by atoms with E-state index in [2.05, 4.69) is 14.7 Å². The number of nitrogens with zero attached hydrogens (tertiary/aromatic N) is 2. The summed E-state index contributed by atoms with van der Waals surface area (Å²) >= 11 is 0.